The van der Waals surface area contributed by atoms with Crippen LogP contribution in [0.4, 0.5) is 10.3 Å². The van der Waals surface area contributed by atoms with Crippen LogP contribution in [0.25, 0.3) is 0 Å². The molecule has 2 aromatic heterocycles. The molecular weight excluding hydrogens is 457 g/mol. The molecule has 1 N–H and O–H groups in total. The van der Waals surface area contributed by atoms with Crippen LogP contribution in [0.15, 0.2) is 53.9 Å². The Kier molecular flexibility index (Phi) is 5.86. The van der Waals surface area contributed by atoms with E-state index in [-0.39, 0.29) is 23.4 Å². The number of benzene rings is 1. The molecule has 4 heterocycles. The number of anilines is 1. The van der Waals surface area contributed by atoms with Crippen molar-refractivity contribution in [3.63, 3.8) is 0 Å². The number of rotatable bonds is 4. The molecule has 1 fully saturated rings. The number of hydrogen-bond acceptors (Lipinski definition) is 9. The highest BCUT2D eigenvalue weighted by Crippen LogP contribution is 2.45. The van der Waals surface area contributed by atoms with Crippen molar-refractivity contribution in [2.75, 3.05) is 30.9 Å². The lowest BCUT2D eigenvalue weighted by atomic mass is 9.86. The van der Waals surface area contributed by atoms with Gasteiger partial charge < -0.3 is 15.0 Å². The first kappa shape index (κ1) is 22.2. The van der Waals surface area contributed by atoms with Gasteiger partial charge in [-0.05, 0) is 19.1 Å². The molecule has 3 aromatic rings. The highest BCUT2D eigenvalue weighted by Gasteiger charge is 2.52. The molecule has 1 saturated heterocycles. The van der Waals surface area contributed by atoms with Gasteiger partial charge in [-0.15, -0.1) is 0 Å². The van der Waals surface area contributed by atoms with Gasteiger partial charge in [-0.1, -0.05) is 30.0 Å². The van der Waals surface area contributed by atoms with E-state index >= 15 is 0 Å². The topological polar surface area (TPSA) is 105 Å². The number of aromatic nitrogens is 4. The molecule has 0 bridgehead atoms. The minimum Gasteiger partial charge on any atom is -0.479 e. The van der Waals surface area contributed by atoms with Crippen LogP contribution in [0.2, 0.25) is 0 Å². The molecule has 2 unspecified atom stereocenters. The fourth-order valence-electron chi connectivity index (χ4n) is 4.25. The molecule has 5 rings (SSSR count). The predicted molar refractivity (Wildman–Crippen MR) is 126 cm³/mol. The van der Waals surface area contributed by atoms with Crippen LogP contribution in [0.1, 0.15) is 21.7 Å². The van der Waals surface area contributed by atoms with E-state index in [1.807, 2.05) is 23.1 Å². The first-order chi connectivity index (χ1) is 16.5. The number of amidine groups is 1. The normalized spacial score (nSPS) is 21.6. The zero-order chi connectivity index (χ0) is 23.7. The van der Waals surface area contributed by atoms with E-state index in [9.17, 15) is 9.18 Å². The van der Waals surface area contributed by atoms with Crippen LogP contribution < -0.4 is 15.0 Å². The second-order valence-corrected chi connectivity index (χ2v) is 9.08. The van der Waals surface area contributed by atoms with E-state index in [1.54, 1.807) is 37.6 Å². The van der Waals surface area contributed by atoms with Gasteiger partial charge in [0.25, 0.3) is 11.8 Å². The van der Waals surface area contributed by atoms with Crippen LogP contribution in [-0.4, -0.2) is 57.0 Å². The molecule has 1 amide bonds. The summed E-state index contributed by atoms with van der Waals surface area (Å²) >= 11 is 1.48. The van der Waals surface area contributed by atoms with E-state index < -0.39 is 11.4 Å². The number of carbonyl (C=O) groups is 1. The smallest absolute Gasteiger partial charge is 0.257 e. The number of nitrogens with one attached hydrogen (secondary N) is 1. The number of nitrogens with zero attached hydrogens (tertiary/aromatic N) is 6. The Morgan fingerprint density at radius 3 is 2.82 bits per heavy atom. The lowest BCUT2D eigenvalue weighted by Crippen LogP contribution is -2.43. The van der Waals surface area contributed by atoms with Crippen molar-refractivity contribution in [1.29, 1.82) is 0 Å². The molecular formula is C23H22FN7O2S. The molecule has 11 heteroatoms. The number of fused-ring (bicyclic) bond motifs is 1. The van der Waals surface area contributed by atoms with E-state index in [0.717, 1.165) is 0 Å². The quantitative estimate of drug-likeness (QED) is 0.609. The number of carbonyl (C=O) groups excluding carboxylic acids is 1. The Morgan fingerprint density at radius 1 is 1.26 bits per heavy atom. The van der Waals surface area contributed by atoms with Crippen molar-refractivity contribution in [3.8, 4) is 5.88 Å². The largest absolute Gasteiger partial charge is 0.479 e. The van der Waals surface area contributed by atoms with Crippen molar-refractivity contribution < 1.29 is 13.9 Å². The maximum atomic E-state index is 14.3. The van der Waals surface area contributed by atoms with Gasteiger partial charge in [0, 0.05) is 36.2 Å². The van der Waals surface area contributed by atoms with Crippen molar-refractivity contribution >= 4 is 28.8 Å². The summed E-state index contributed by atoms with van der Waals surface area (Å²) in [6.45, 7) is 2.56. The van der Waals surface area contributed by atoms with E-state index in [4.69, 9.17) is 9.73 Å². The first-order valence-corrected chi connectivity index (χ1v) is 11.7. The van der Waals surface area contributed by atoms with Gasteiger partial charge in [0.05, 0.1) is 31.2 Å². The van der Waals surface area contributed by atoms with Crippen molar-refractivity contribution in [3.05, 3.63) is 71.7 Å². The van der Waals surface area contributed by atoms with E-state index in [0.29, 0.717) is 41.2 Å². The maximum absolute atomic E-state index is 14.3. The third kappa shape index (κ3) is 3.96. The molecule has 174 valence electrons. The van der Waals surface area contributed by atoms with Crippen molar-refractivity contribution in [2.45, 2.75) is 12.5 Å². The molecule has 2 atom stereocenters. The summed E-state index contributed by atoms with van der Waals surface area (Å²) in [5.41, 5.74) is 0.688. The number of halogens is 1. The molecule has 2 aliphatic heterocycles. The summed E-state index contributed by atoms with van der Waals surface area (Å²) < 4.78 is 19.4. The maximum Gasteiger partial charge on any atom is 0.257 e. The van der Waals surface area contributed by atoms with Crippen LogP contribution in [0.5, 0.6) is 5.88 Å². The summed E-state index contributed by atoms with van der Waals surface area (Å²) in [6, 6.07) is 9.00. The molecule has 2 aliphatic rings. The molecule has 34 heavy (non-hydrogen) atoms. The summed E-state index contributed by atoms with van der Waals surface area (Å²) in [4.78, 5) is 37.2. The van der Waals surface area contributed by atoms with Gasteiger partial charge in [-0.25, -0.2) is 9.98 Å². The Bertz CT molecular complexity index is 1240. The molecule has 1 aromatic carbocycles. The summed E-state index contributed by atoms with van der Waals surface area (Å²) in [5.74, 6) is 0.204. The van der Waals surface area contributed by atoms with Gasteiger partial charge in [-0.2, -0.15) is 9.37 Å². The standard InChI is InChI=1S/C23H22FN7O2S/c1-14-18(24)20(33-2)29-21(27-14)31-11-16-12-34-22(28-19(32)15-6-4-3-5-7-15)30-23(16,13-31)17-10-25-8-9-26-17/h3-10,16H,11-13H2,1-2H3,(H,28,30,32). The molecule has 0 saturated carbocycles. The zero-order valence-corrected chi connectivity index (χ0v) is 19.4. The first-order valence-electron chi connectivity index (χ1n) is 10.7. The highest BCUT2D eigenvalue weighted by atomic mass is 32.2. The van der Waals surface area contributed by atoms with Crippen LogP contribution >= 0.6 is 11.8 Å². The SMILES string of the molecule is COc1nc(N2CC3CSC(NC(=O)c4ccccc4)=NC3(c3cnccn3)C2)nc(C)c1F. The lowest BCUT2D eigenvalue weighted by Gasteiger charge is -2.34. The average molecular weight is 480 g/mol. The summed E-state index contributed by atoms with van der Waals surface area (Å²) in [7, 11) is 1.38. The second-order valence-electron chi connectivity index (χ2n) is 8.07. The van der Waals surface area contributed by atoms with Crippen LogP contribution in [0.3, 0.4) is 0 Å². The number of aryl methyl sites for hydroxylation is 1. The van der Waals surface area contributed by atoms with E-state index in [2.05, 4.69) is 25.3 Å². The minimum atomic E-state index is -0.766. The van der Waals surface area contributed by atoms with Gasteiger partial charge >= 0.3 is 0 Å². The number of ether oxygens (including phenoxy) is 1. The Hall–Kier alpha value is -3.60. The fraction of sp³-hybridized carbons (Fsp3) is 0.304. The van der Waals surface area contributed by atoms with Crippen molar-refractivity contribution in [1.82, 2.24) is 25.3 Å². The average Bonchev–Trinajstić information content (AvgIpc) is 3.27. The Balaban J connectivity index is 1.51. The molecule has 0 spiro atoms. The van der Waals surface area contributed by atoms with Gasteiger partial charge in [0.2, 0.25) is 11.8 Å². The van der Waals surface area contributed by atoms with Gasteiger partial charge in [0.1, 0.15) is 5.54 Å². The Morgan fingerprint density at radius 2 is 2.09 bits per heavy atom. The van der Waals surface area contributed by atoms with Gasteiger partial charge in [-0.3, -0.25) is 14.8 Å². The number of aliphatic imine (C=N–C) groups is 1. The molecule has 0 aliphatic carbocycles. The Labute approximate surface area is 199 Å². The van der Waals surface area contributed by atoms with E-state index in [1.165, 1.54) is 18.9 Å². The number of amides is 1. The third-order valence-corrected chi connectivity index (χ3v) is 7.02. The zero-order valence-electron chi connectivity index (χ0n) is 18.6. The van der Waals surface area contributed by atoms with Gasteiger partial charge in [0.15, 0.2) is 5.17 Å². The summed E-state index contributed by atoms with van der Waals surface area (Å²) in [6.07, 6.45) is 4.94. The predicted octanol–water partition coefficient (Wildman–Crippen LogP) is 2.59. The summed E-state index contributed by atoms with van der Waals surface area (Å²) in [5, 5.41) is 3.46. The number of methoxy groups -OCH3 is 1. The monoisotopic (exact) mass is 479 g/mol. The number of thioether (sulfide) groups is 1. The highest BCUT2D eigenvalue weighted by molar-refractivity contribution is 8.13. The fourth-order valence-corrected chi connectivity index (χ4v) is 5.39. The van der Waals surface area contributed by atoms with Crippen LogP contribution in [0, 0.1) is 18.7 Å². The van der Waals surface area contributed by atoms with Crippen LogP contribution in [-0.2, 0) is 5.54 Å². The second kappa shape index (κ2) is 8.98. The molecule has 9 nitrogen and oxygen atoms in total. The van der Waals surface area contributed by atoms with Crippen molar-refractivity contribution in [2.24, 2.45) is 10.9 Å². The lowest BCUT2D eigenvalue weighted by molar-refractivity contribution is 0.0977. The minimum absolute atomic E-state index is 0.0477. The third-order valence-electron chi connectivity index (χ3n) is 5.98. The molecule has 0 radical (unpaired) electrons. The number of hydrogen-bond donors (Lipinski definition) is 1.